The van der Waals surface area contributed by atoms with Gasteiger partial charge >= 0.3 is 0 Å². The number of morpholine rings is 1. The lowest BCUT2D eigenvalue weighted by Gasteiger charge is -2.31. The predicted molar refractivity (Wildman–Crippen MR) is 87.0 cm³/mol. The van der Waals surface area contributed by atoms with Crippen molar-refractivity contribution in [3.8, 4) is 11.3 Å². The summed E-state index contributed by atoms with van der Waals surface area (Å²) >= 11 is 1.71. The SMILES string of the molecule is Cn1cc(-c2cc(CN3CCOC(c4ccsc4)C3)on2)cn1. The van der Waals surface area contributed by atoms with Gasteiger partial charge in [-0.3, -0.25) is 9.58 Å². The molecule has 1 atom stereocenters. The Morgan fingerprint density at radius 1 is 1.43 bits per heavy atom. The lowest BCUT2D eigenvalue weighted by Crippen LogP contribution is -2.37. The third-order valence-electron chi connectivity index (χ3n) is 4.00. The van der Waals surface area contributed by atoms with Crippen molar-refractivity contribution in [1.82, 2.24) is 19.8 Å². The summed E-state index contributed by atoms with van der Waals surface area (Å²) < 4.78 is 13.1. The second kappa shape index (κ2) is 6.27. The van der Waals surface area contributed by atoms with Gasteiger partial charge in [0.15, 0.2) is 5.76 Å². The molecule has 0 N–H and O–H groups in total. The van der Waals surface area contributed by atoms with Crippen molar-refractivity contribution >= 4 is 11.3 Å². The normalized spacial score (nSPS) is 19.3. The Morgan fingerprint density at radius 3 is 3.17 bits per heavy atom. The number of ether oxygens (including phenoxy) is 1. The molecule has 3 aromatic heterocycles. The Labute approximate surface area is 138 Å². The molecular weight excluding hydrogens is 312 g/mol. The lowest BCUT2D eigenvalue weighted by atomic mass is 10.1. The number of rotatable bonds is 4. The van der Waals surface area contributed by atoms with E-state index in [9.17, 15) is 0 Å². The highest BCUT2D eigenvalue weighted by Gasteiger charge is 2.23. The molecule has 1 aliphatic heterocycles. The van der Waals surface area contributed by atoms with Crippen molar-refractivity contribution in [3.63, 3.8) is 0 Å². The van der Waals surface area contributed by atoms with Crippen molar-refractivity contribution in [2.24, 2.45) is 7.05 Å². The maximum Gasteiger partial charge on any atom is 0.151 e. The van der Waals surface area contributed by atoms with Crippen LogP contribution in [0.1, 0.15) is 17.4 Å². The van der Waals surface area contributed by atoms with Gasteiger partial charge in [-0.1, -0.05) is 5.16 Å². The van der Waals surface area contributed by atoms with E-state index in [4.69, 9.17) is 9.26 Å². The minimum Gasteiger partial charge on any atom is -0.371 e. The molecular formula is C16H18N4O2S. The van der Waals surface area contributed by atoms with Crippen LogP contribution in [-0.4, -0.2) is 39.5 Å². The van der Waals surface area contributed by atoms with Gasteiger partial charge in [0.2, 0.25) is 0 Å². The number of hydrogen-bond acceptors (Lipinski definition) is 6. The van der Waals surface area contributed by atoms with E-state index in [1.165, 1.54) is 5.56 Å². The molecule has 1 aliphatic rings. The van der Waals surface area contributed by atoms with Gasteiger partial charge in [0, 0.05) is 38.0 Å². The van der Waals surface area contributed by atoms with E-state index in [-0.39, 0.29) is 6.10 Å². The van der Waals surface area contributed by atoms with E-state index in [0.29, 0.717) is 0 Å². The molecule has 1 fully saturated rings. The summed E-state index contributed by atoms with van der Waals surface area (Å²) in [4.78, 5) is 2.35. The summed E-state index contributed by atoms with van der Waals surface area (Å²) in [5, 5.41) is 12.6. The van der Waals surface area contributed by atoms with Crippen LogP contribution in [-0.2, 0) is 18.3 Å². The largest absolute Gasteiger partial charge is 0.371 e. The van der Waals surface area contributed by atoms with Gasteiger partial charge in [-0.25, -0.2) is 0 Å². The molecule has 0 spiro atoms. The zero-order valence-corrected chi connectivity index (χ0v) is 13.7. The second-order valence-electron chi connectivity index (χ2n) is 5.73. The fourth-order valence-corrected chi connectivity index (χ4v) is 3.51. The van der Waals surface area contributed by atoms with Crippen LogP contribution in [0, 0.1) is 0 Å². The van der Waals surface area contributed by atoms with Gasteiger partial charge in [0.05, 0.1) is 25.5 Å². The van der Waals surface area contributed by atoms with E-state index < -0.39 is 0 Å². The Morgan fingerprint density at radius 2 is 2.39 bits per heavy atom. The van der Waals surface area contributed by atoms with Crippen LogP contribution < -0.4 is 0 Å². The summed E-state index contributed by atoms with van der Waals surface area (Å²) in [5.74, 6) is 0.870. The zero-order valence-electron chi connectivity index (χ0n) is 12.9. The summed E-state index contributed by atoms with van der Waals surface area (Å²) in [5.41, 5.74) is 3.06. The summed E-state index contributed by atoms with van der Waals surface area (Å²) in [7, 11) is 1.89. The van der Waals surface area contributed by atoms with Crippen LogP contribution in [0.4, 0.5) is 0 Å². The molecule has 7 heteroatoms. The first-order valence-electron chi connectivity index (χ1n) is 7.58. The monoisotopic (exact) mass is 330 g/mol. The van der Waals surface area contributed by atoms with E-state index in [1.54, 1.807) is 22.2 Å². The van der Waals surface area contributed by atoms with Crippen molar-refractivity contribution < 1.29 is 9.26 Å². The number of aryl methyl sites for hydroxylation is 1. The van der Waals surface area contributed by atoms with Crippen molar-refractivity contribution in [2.75, 3.05) is 19.7 Å². The van der Waals surface area contributed by atoms with Gasteiger partial charge in [-0.15, -0.1) is 0 Å². The molecule has 0 aliphatic carbocycles. The standard InChI is InChI=1S/C16H18N4O2S/c1-19-8-13(7-17-19)15-6-14(22-18-15)9-20-3-4-21-16(10-20)12-2-5-23-11-12/h2,5-8,11,16H,3-4,9-10H2,1H3. The third-order valence-corrected chi connectivity index (χ3v) is 4.71. The van der Waals surface area contributed by atoms with Gasteiger partial charge in [-0.05, 0) is 22.4 Å². The van der Waals surface area contributed by atoms with Crippen molar-refractivity contribution in [1.29, 1.82) is 0 Å². The smallest absolute Gasteiger partial charge is 0.151 e. The third kappa shape index (κ3) is 3.21. The highest BCUT2D eigenvalue weighted by atomic mass is 32.1. The highest BCUT2D eigenvalue weighted by Crippen LogP contribution is 2.26. The van der Waals surface area contributed by atoms with Crippen LogP contribution in [0.2, 0.25) is 0 Å². The fraction of sp³-hybridized carbons (Fsp3) is 0.375. The molecule has 4 rings (SSSR count). The van der Waals surface area contributed by atoms with Gasteiger partial charge in [0.1, 0.15) is 5.69 Å². The van der Waals surface area contributed by atoms with E-state index in [0.717, 1.165) is 43.3 Å². The van der Waals surface area contributed by atoms with Gasteiger partial charge < -0.3 is 9.26 Å². The number of hydrogen-bond donors (Lipinski definition) is 0. The van der Waals surface area contributed by atoms with Crippen LogP contribution in [0.25, 0.3) is 11.3 Å². The van der Waals surface area contributed by atoms with E-state index >= 15 is 0 Å². The Kier molecular flexibility index (Phi) is 3.99. The molecule has 0 amide bonds. The first-order valence-corrected chi connectivity index (χ1v) is 8.53. The maximum absolute atomic E-state index is 5.88. The average Bonchev–Trinajstić information content (AvgIpc) is 3.28. The fourth-order valence-electron chi connectivity index (χ4n) is 2.80. The van der Waals surface area contributed by atoms with Crippen LogP contribution in [0.3, 0.4) is 0 Å². The molecule has 0 saturated carbocycles. The van der Waals surface area contributed by atoms with E-state index in [1.807, 2.05) is 19.3 Å². The van der Waals surface area contributed by atoms with Gasteiger partial charge in [-0.2, -0.15) is 16.4 Å². The first-order chi connectivity index (χ1) is 11.3. The quantitative estimate of drug-likeness (QED) is 0.736. The number of thiophene rings is 1. The highest BCUT2D eigenvalue weighted by molar-refractivity contribution is 7.07. The van der Waals surface area contributed by atoms with Gasteiger partial charge in [0.25, 0.3) is 0 Å². The minimum atomic E-state index is 0.149. The van der Waals surface area contributed by atoms with Crippen LogP contribution >= 0.6 is 11.3 Å². The molecule has 3 aromatic rings. The number of aromatic nitrogens is 3. The molecule has 0 bridgehead atoms. The Balaban J connectivity index is 1.43. The Hall–Kier alpha value is -1.96. The van der Waals surface area contributed by atoms with E-state index in [2.05, 4.69) is 32.0 Å². The predicted octanol–water partition coefficient (Wildman–Crippen LogP) is 2.71. The molecule has 0 aromatic carbocycles. The molecule has 23 heavy (non-hydrogen) atoms. The minimum absolute atomic E-state index is 0.149. The maximum atomic E-state index is 5.88. The molecule has 120 valence electrons. The van der Waals surface area contributed by atoms with Crippen molar-refractivity contribution in [3.05, 3.63) is 46.6 Å². The average molecular weight is 330 g/mol. The van der Waals surface area contributed by atoms with Crippen LogP contribution in [0.5, 0.6) is 0 Å². The molecule has 1 unspecified atom stereocenters. The molecule has 0 radical (unpaired) electrons. The molecule has 6 nitrogen and oxygen atoms in total. The zero-order chi connectivity index (χ0) is 15.6. The first kappa shape index (κ1) is 14.6. The summed E-state index contributed by atoms with van der Waals surface area (Å²) in [6.07, 6.45) is 3.88. The topological polar surface area (TPSA) is 56.3 Å². The summed E-state index contributed by atoms with van der Waals surface area (Å²) in [6, 6.07) is 4.12. The summed E-state index contributed by atoms with van der Waals surface area (Å²) in [6.45, 7) is 3.27. The molecule has 1 saturated heterocycles. The molecule has 4 heterocycles. The second-order valence-corrected chi connectivity index (χ2v) is 6.51. The Bertz CT molecular complexity index is 765. The number of nitrogens with zero attached hydrogens (tertiary/aromatic N) is 4. The lowest BCUT2D eigenvalue weighted by molar-refractivity contribution is -0.0349. The van der Waals surface area contributed by atoms with Crippen LogP contribution in [0.15, 0.2) is 39.8 Å². The van der Waals surface area contributed by atoms with Crippen molar-refractivity contribution in [2.45, 2.75) is 12.6 Å².